The summed E-state index contributed by atoms with van der Waals surface area (Å²) < 4.78 is 1.88. The average Bonchev–Trinajstić information content (AvgIpc) is 3.10. The van der Waals surface area contributed by atoms with Gasteiger partial charge in [0.15, 0.2) is 11.0 Å². The van der Waals surface area contributed by atoms with Crippen molar-refractivity contribution in [2.45, 2.75) is 18.6 Å². The van der Waals surface area contributed by atoms with E-state index < -0.39 is 5.91 Å². The summed E-state index contributed by atoms with van der Waals surface area (Å²) >= 11 is 1.28. The number of benzene rings is 1. The Morgan fingerprint density at radius 1 is 1.19 bits per heavy atom. The van der Waals surface area contributed by atoms with E-state index in [9.17, 15) is 9.59 Å². The third-order valence-electron chi connectivity index (χ3n) is 3.61. The highest BCUT2D eigenvalue weighted by Gasteiger charge is 2.15. The molecular weight excluding hydrogens is 366 g/mol. The maximum atomic E-state index is 12.2. The van der Waals surface area contributed by atoms with Crippen LogP contribution in [0.15, 0.2) is 48.0 Å². The van der Waals surface area contributed by atoms with E-state index in [0.717, 1.165) is 0 Å². The van der Waals surface area contributed by atoms with Crippen molar-refractivity contribution in [1.82, 2.24) is 24.7 Å². The minimum Gasteiger partial charge on any atom is -0.366 e. The van der Waals surface area contributed by atoms with E-state index in [2.05, 4.69) is 25.5 Å². The molecule has 27 heavy (non-hydrogen) atoms. The van der Waals surface area contributed by atoms with Crippen LogP contribution in [0.25, 0.3) is 11.5 Å². The first-order chi connectivity index (χ1) is 13.1. The van der Waals surface area contributed by atoms with Crippen molar-refractivity contribution in [3.8, 4) is 11.5 Å². The van der Waals surface area contributed by atoms with Crippen molar-refractivity contribution in [2.24, 2.45) is 5.73 Å². The van der Waals surface area contributed by atoms with Gasteiger partial charge in [-0.05, 0) is 31.2 Å². The van der Waals surface area contributed by atoms with E-state index in [-0.39, 0.29) is 11.7 Å². The zero-order valence-corrected chi connectivity index (χ0v) is 15.3. The quantitative estimate of drug-likeness (QED) is 0.593. The van der Waals surface area contributed by atoms with E-state index in [1.165, 1.54) is 11.8 Å². The molecule has 1 aromatic carbocycles. The minimum atomic E-state index is -0.513. The van der Waals surface area contributed by atoms with E-state index in [1.54, 1.807) is 42.9 Å². The second-order valence-electron chi connectivity index (χ2n) is 5.42. The molecule has 0 bridgehead atoms. The number of thioether (sulfide) groups is 1. The maximum absolute atomic E-state index is 12.2. The Morgan fingerprint density at radius 2 is 1.96 bits per heavy atom. The Balaban J connectivity index is 1.63. The van der Waals surface area contributed by atoms with Crippen LogP contribution >= 0.6 is 11.8 Å². The van der Waals surface area contributed by atoms with Gasteiger partial charge in [-0.15, -0.1) is 10.2 Å². The lowest BCUT2D eigenvalue weighted by atomic mass is 10.2. The van der Waals surface area contributed by atoms with Gasteiger partial charge < -0.3 is 15.6 Å². The lowest BCUT2D eigenvalue weighted by molar-refractivity contribution is -0.113. The van der Waals surface area contributed by atoms with Crippen LogP contribution in [-0.4, -0.2) is 42.3 Å². The SMILES string of the molecule is CCn1c(SCC(=O)Nc2ccc(C(N)=O)cc2)nnc1-c1cnccn1. The summed E-state index contributed by atoms with van der Waals surface area (Å²) in [7, 11) is 0. The van der Waals surface area contributed by atoms with E-state index in [4.69, 9.17) is 5.73 Å². The highest BCUT2D eigenvalue weighted by molar-refractivity contribution is 7.99. The summed E-state index contributed by atoms with van der Waals surface area (Å²) in [6.07, 6.45) is 4.80. The molecule has 3 aromatic rings. The first kappa shape index (κ1) is 18.5. The Bertz CT molecular complexity index is 942. The first-order valence-corrected chi connectivity index (χ1v) is 9.09. The van der Waals surface area contributed by atoms with Gasteiger partial charge >= 0.3 is 0 Å². The maximum Gasteiger partial charge on any atom is 0.248 e. The van der Waals surface area contributed by atoms with E-state index in [0.29, 0.717) is 34.5 Å². The van der Waals surface area contributed by atoms with Crippen molar-refractivity contribution in [2.75, 3.05) is 11.1 Å². The normalized spacial score (nSPS) is 10.6. The predicted molar refractivity (Wildman–Crippen MR) is 101 cm³/mol. The molecule has 0 aliphatic carbocycles. The van der Waals surface area contributed by atoms with Crippen LogP contribution in [0.1, 0.15) is 17.3 Å². The van der Waals surface area contributed by atoms with Crippen LogP contribution in [0.4, 0.5) is 5.69 Å². The smallest absolute Gasteiger partial charge is 0.248 e. The van der Waals surface area contributed by atoms with Gasteiger partial charge in [0.25, 0.3) is 0 Å². The van der Waals surface area contributed by atoms with E-state index >= 15 is 0 Å². The monoisotopic (exact) mass is 383 g/mol. The number of hydrogen-bond donors (Lipinski definition) is 2. The Kier molecular flexibility index (Phi) is 5.77. The van der Waals surface area contributed by atoms with Crippen LogP contribution in [0.2, 0.25) is 0 Å². The fraction of sp³-hybridized carbons (Fsp3) is 0.176. The molecule has 0 fully saturated rings. The number of carbonyl (C=O) groups is 2. The Hall–Kier alpha value is -3.27. The summed E-state index contributed by atoms with van der Waals surface area (Å²) in [6.45, 7) is 2.60. The third-order valence-corrected chi connectivity index (χ3v) is 4.58. The van der Waals surface area contributed by atoms with Gasteiger partial charge in [0.1, 0.15) is 5.69 Å². The fourth-order valence-electron chi connectivity index (χ4n) is 2.33. The van der Waals surface area contributed by atoms with Gasteiger partial charge in [0.05, 0.1) is 11.9 Å². The van der Waals surface area contributed by atoms with Crippen LogP contribution < -0.4 is 11.1 Å². The molecular formula is C17H17N7O2S. The van der Waals surface area contributed by atoms with Gasteiger partial charge in [0, 0.05) is 30.2 Å². The highest BCUT2D eigenvalue weighted by Crippen LogP contribution is 2.22. The summed E-state index contributed by atoms with van der Waals surface area (Å²) in [5, 5.41) is 11.7. The Morgan fingerprint density at radius 3 is 2.59 bits per heavy atom. The molecule has 0 saturated heterocycles. The van der Waals surface area contributed by atoms with Gasteiger partial charge in [0.2, 0.25) is 11.8 Å². The van der Waals surface area contributed by atoms with Gasteiger partial charge in [-0.2, -0.15) is 0 Å². The summed E-state index contributed by atoms with van der Waals surface area (Å²) in [5.41, 5.74) is 6.79. The van der Waals surface area contributed by atoms with Crippen LogP contribution in [-0.2, 0) is 11.3 Å². The zero-order valence-electron chi connectivity index (χ0n) is 14.5. The predicted octanol–water partition coefficient (Wildman–Crippen LogP) is 1.58. The van der Waals surface area contributed by atoms with Gasteiger partial charge in [-0.25, -0.2) is 4.98 Å². The van der Waals surface area contributed by atoms with Crippen molar-refractivity contribution in [3.05, 3.63) is 48.4 Å². The summed E-state index contributed by atoms with van der Waals surface area (Å²) in [4.78, 5) is 31.5. The van der Waals surface area contributed by atoms with Crippen molar-refractivity contribution >= 4 is 29.3 Å². The first-order valence-electron chi connectivity index (χ1n) is 8.10. The fourth-order valence-corrected chi connectivity index (χ4v) is 3.13. The number of nitrogens with two attached hydrogens (primary N) is 1. The molecule has 0 aliphatic heterocycles. The molecule has 2 aromatic heterocycles. The average molecular weight is 383 g/mol. The largest absolute Gasteiger partial charge is 0.366 e. The Labute approximate surface area is 159 Å². The zero-order chi connectivity index (χ0) is 19.2. The molecule has 2 heterocycles. The van der Waals surface area contributed by atoms with Crippen molar-refractivity contribution < 1.29 is 9.59 Å². The van der Waals surface area contributed by atoms with Crippen molar-refractivity contribution in [1.29, 1.82) is 0 Å². The number of primary amides is 1. The van der Waals surface area contributed by atoms with Crippen LogP contribution in [0.5, 0.6) is 0 Å². The molecule has 10 heteroatoms. The lowest BCUT2D eigenvalue weighted by Crippen LogP contribution is -2.15. The highest BCUT2D eigenvalue weighted by atomic mass is 32.2. The molecule has 0 unspecified atom stereocenters. The molecule has 2 amide bonds. The van der Waals surface area contributed by atoms with Gasteiger partial charge in [-0.3, -0.25) is 14.6 Å². The molecule has 0 aliphatic rings. The van der Waals surface area contributed by atoms with E-state index in [1.807, 2.05) is 11.5 Å². The van der Waals surface area contributed by atoms with Crippen LogP contribution in [0.3, 0.4) is 0 Å². The standard InChI is InChI=1S/C17H17N7O2S/c1-2-24-16(13-9-19-7-8-20-13)22-23-17(24)27-10-14(25)21-12-5-3-11(4-6-12)15(18)26/h3-9H,2,10H2,1H3,(H2,18,26)(H,21,25). The number of aromatic nitrogens is 5. The number of nitrogens with one attached hydrogen (secondary N) is 1. The summed E-state index contributed by atoms with van der Waals surface area (Å²) in [5.74, 6) is 0.0613. The second-order valence-corrected chi connectivity index (χ2v) is 6.36. The number of anilines is 1. The third kappa shape index (κ3) is 4.47. The summed E-state index contributed by atoms with van der Waals surface area (Å²) in [6, 6.07) is 6.38. The molecule has 3 N–H and O–H groups in total. The molecule has 3 rings (SSSR count). The number of nitrogens with zero attached hydrogens (tertiary/aromatic N) is 5. The molecule has 9 nitrogen and oxygen atoms in total. The molecule has 0 spiro atoms. The van der Waals surface area contributed by atoms with Crippen molar-refractivity contribution in [3.63, 3.8) is 0 Å². The topological polar surface area (TPSA) is 129 Å². The molecule has 0 saturated carbocycles. The molecule has 0 radical (unpaired) electrons. The minimum absolute atomic E-state index is 0.163. The number of amides is 2. The second kappa shape index (κ2) is 8.41. The molecule has 138 valence electrons. The number of hydrogen-bond acceptors (Lipinski definition) is 7. The number of carbonyl (C=O) groups excluding carboxylic acids is 2. The van der Waals surface area contributed by atoms with Gasteiger partial charge in [-0.1, -0.05) is 11.8 Å². The number of rotatable bonds is 7. The van der Waals surface area contributed by atoms with Crippen LogP contribution in [0, 0.1) is 0 Å². The lowest BCUT2D eigenvalue weighted by Gasteiger charge is -2.07. The molecule has 0 atom stereocenters.